The van der Waals surface area contributed by atoms with Gasteiger partial charge in [-0.15, -0.1) is 0 Å². The average Bonchev–Trinajstić information content (AvgIpc) is 3.04. The van der Waals surface area contributed by atoms with Gasteiger partial charge >= 0.3 is 5.97 Å². The molecule has 2 aromatic rings. The van der Waals surface area contributed by atoms with Crippen LogP contribution in [0.3, 0.4) is 0 Å². The molecule has 1 unspecified atom stereocenters. The molecule has 0 radical (unpaired) electrons. The Kier molecular flexibility index (Phi) is 5.02. The first kappa shape index (κ1) is 16.3. The third-order valence-corrected chi connectivity index (χ3v) is 3.80. The van der Waals surface area contributed by atoms with Crippen LogP contribution in [0.1, 0.15) is 0 Å². The Hall–Kier alpha value is -2.52. The van der Waals surface area contributed by atoms with Crippen molar-refractivity contribution < 1.29 is 14.6 Å². The third-order valence-electron chi connectivity index (χ3n) is 3.80. The van der Waals surface area contributed by atoms with E-state index in [4.69, 9.17) is 9.84 Å². The van der Waals surface area contributed by atoms with Crippen LogP contribution in [0.5, 0.6) is 0 Å². The van der Waals surface area contributed by atoms with Crippen LogP contribution in [0.2, 0.25) is 0 Å². The Morgan fingerprint density at radius 3 is 2.96 bits per heavy atom. The van der Waals surface area contributed by atoms with Gasteiger partial charge in [0.05, 0.1) is 24.9 Å². The summed E-state index contributed by atoms with van der Waals surface area (Å²) < 4.78 is 7.45. The Labute approximate surface area is 139 Å². The van der Waals surface area contributed by atoms with E-state index >= 15 is 0 Å². The van der Waals surface area contributed by atoms with Gasteiger partial charge in [0.2, 0.25) is 0 Å². The first-order chi connectivity index (χ1) is 11.6. The lowest BCUT2D eigenvalue weighted by Crippen LogP contribution is -2.48. The molecule has 1 aliphatic rings. The van der Waals surface area contributed by atoms with Crippen LogP contribution in [0.4, 0.5) is 5.95 Å². The molecule has 1 aromatic heterocycles. The zero-order valence-electron chi connectivity index (χ0n) is 13.4. The molecule has 9 nitrogen and oxygen atoms in total. The first-order valence-corrected chi connectivity index (χ1v) is 7.74. The molecule has 0 aliphatic carbocycles. The fourth-order valence-electron chi connectivity index (χ4n) is 2.77. The highest BCUT2D eigenvalue weighted by Gasteiger charge is 2.26. The standard InChI is InChI=1S/C15H20N6O3/c1-19(11-14(22)23)9-13-10-20(7-8-24-13)15-16-17-18-21(15)12-5-3-2-4-6-12/h2-6,13H,7-11H2,1H3,(H,22,23). The number of carbonyl (C=O) groups is 1. The van der Waals surface area contributed by atoms with Gasteiger partial charge in [0.25, 0.3) is 5.95 Å². The van der Waals surface area contributed by atoms with Crippen LogP contribution in [0.15, 0.2) is 30.3 Å². The second-order valence-electron chi connectivity index (χ2n) is 5.76. The van der Waals surface area contributed by atoms with Crippen LogP contribution < -0.4 is 4.90 Å². The van der Waals surface area contributed by atoms with E-state index in [1.165, 1.54) is 0 Å². The monoisotopic (exact) mass is 332 g/mol. The van der Waals surface area contributed by atoms with Gasteiger partial charge in [0.1, 0.15) is 0 Å². The number of anilines is 1. The lowest BCUT2D eigenvalue weighted by Gasteiger charge is -2.34. The first-order valence-electron chi connectivity index (χ1n) is 7.74. The summed E-state index contributed by atoms with van der Waals surface area (Å²) in [4.78, 5) is 14.6. The summed E-state index contributed by atoms with van der Waals surface area (Å²) in [6.45, 7) is 2.37. The predicted molar refractivity (Wildman–Crippen MR) is 86.2 cm³/mol. The minimum absolute atomic E-state index is 0.0123. The van der Waals surface area contributed by atoms with Crippen LogP contribution in [-0.2, 0) is 9.53 Å². The minimum atomic E-state index is -0.849. The number of hydrogen-bond donors (Lipinski definition) is 1. The van der Waals surface area contributed by atoms with E-state index in [0.717, 1.165) is 5.69 Å². The van der Waals surface area contributed by atoms with Gasteiger partial charge < -0.3 is 14.7 Å². The Bertz CT molecular complexity index is 677. The highest BCUT2D eigenvalue weighted by atomic mass is 16.5. The molecule has 0 amide bonds. The van der Waals surface area contributed by atoms with Crippen LogP contribution in [-0.4, -0.2) is 82.1 Å². The molecular formula is C15H20N6O3. The van der Waals surface area contributed by atoms with Gasteiger partial charge in [-0.05, 0) is 29.6 Å². The van der Waals surface area contributed by atoms with E-state index in [-0.39, 0.29) is 12.6 Å². The molecule has 0 saturated carbocycles. The topological polar surface area (TPSA) is 96.6 Å². The molecule has 1 atom stereocenters. The van der Waals surface area contributed by atoms with Crippen LogP contribution in [0.25, 0.3) is 5.69 Å². The molecule has 1 fully saturated rings. The number of tetrazole rings is 1. The molecule has 1 aromatic carbocycles. The second kappa shape index (κ2) is 7.37. The number of benzene rings is 1. The number of aromatic nitrogens is 4. The van der Waals surface area contributed by atoms with E-state index in [0.29, 0.717) is 32.2 Å². The minimum Gasteiger partial charge on any atom is -0.480 e. The van der Waals surface area contributed by atoms with Gasteiger partial charge in [0, 0.05) is 19.6 Å². The molecule has 24 heavy (non-hydrogen) atoms. The van der Waals surface area contributed by atoms with E-state index in [9.17, 15) is 4.79 Å². The smallest absolute Gasteiger partial charge is 0.317 e. The van der Waals surface area contributed by atoms with Gasteiger partial charge in [-0.2, -0.15) is 4.68 Å². The molecule has 1 aliphatic heterocycles. The van der Waals surface area contributed by atoms with Crippen LogP contribution >= 0.6 is 0 Å². The molecule has 1 N–H and O–H groups in total. The van der Waals surface area contributed by atoms with Crippen molar-refractivity contribution in [1.29, 1.82) is 0 Å². The Morgan fingerprint density at radius 2 is 2.21 bits per heavy atom. The Balaban J connectivity index is 1.70. The fraction of sp³-hybridized carbons (Fsp3) is 0.467. The predicted octanol–water partition coefficient (Wildman–Crippen LogP) is -0.116. The van der Waals surface area contributed by atoms with Crippen LogP contribution in [0, 0.1) is 0 Å². The number of para-hydroxylation sites is 1. The zero-order chi connectivity index (χ0) is 16.9. The SMILES string of the molecule is CN(CC(=O)O)CC1CN(c2nnnn2-c2ccccc2)CCO1. The van der Waals surface area contributed by atoms with Crippen molar-refractivity contribution in [3.8, 4) is 5.69 Å². The number of ether oxygens (including phenoxy) is 1. The van der Waals surface area contributed by atoms with Crippen molar-refractivity contribution in [3.63, 3.8) is 0 Å². The molecule has 9 heteroatoms. The van der Waals surface area contributed by atoms with Crippen molar-refractivity contribution in [2.45, 2.75) is 6.10 Å². The zero-order valence-corrected chi connectivity index (χ0v) is 13.4. The molecule has 0 bridgehead atoms. The summed E-state index contributed by atoms with van der Waals surface area (Å²) in [7, 11) is 1.77. The van der Waals surface area contributed by atoms with Crippen molar-refractivity contribution in [3.05, 3.63) is 30.3 Å². The van der Waals surface area contributed by atoms with Gasteiger partial charge in [0.15, 0.2) is 0 Å². The summed E-state index contributed by atoms with van der Waals surface area (Å²) in [5, 5.41) is 20.9. The van der Waals surface area contributed by atoms with E-state index < -0.39 is 5.97 Å². The normalized spacial score (nSPS) is 18.1. The summed E-state index contributed by atoms with van der Waals surface area (Å²) in [6.07, 6.45) is -0.0935. The summed E-state index contributed by atoms with van der Waals surface area (Å²) in [6, 6.07) is 9.70. The average molecular weight is 332 g/mol. The number of hydrogen-bond acceptors (Lipinski definition) is 7. The molecule has 2 heterocycles. The number of carboxylic acids is 1. The van der Waals surface area contributed by atoms with Crippen molar-refractivity contribution in [2.24, 2.45) is 0 Å². The second-order valence-corrected chi connectivity index (χ2v) is 5.76. The number of nitrogens with zero attached hydrogens (tertiary/aromatic N) is 6. The maximum atomic E-state index is 10.8. The number of rotatable bonds is 6. The van der Waals surface area contributed by atoms with Gasteiger partial charge in [-0.25, -0.2) is 0 Å². The molecular weight excluding hydrogens is 312 g/mol. The summed E-state index contributed by atoms with van der Waals surface area (Å²) in [5.41, 5.74) is 0.892. The lowest BCUT2D eigenvalue weighted by molar-refractivity contribution is -0.138. The fourth-order valence-corrected chi connectivity index (χ4v) is 2.77. The van der Waals surface area contributed by atoms with E-state index in [1.807, 2.05) is 30.3 Å². The maximum absolute atomic E-state index is 10.8. The molecule has 0 spiro atoms. The number of carboxylic acid groups (broad SMARTS) is 1. The molecule has 128 valence electrons. The molecule has 1 saturated heterocycles. The summed E-state index contributed by atoms with van der Waals surface area (Å²) in [5.74, 6) is -0.187. The van der Waals surface area contributed by atoms with Gasteiger partial charge in [-0.1, -0.05) is 23.3 Å². The lowest BCUT2D eigenvalue weighted by atomic mass is 10.2. The van der Waals surface area contributed by atoms with Gasteiger partial charge in [-0.3, -0.25) is 9.69 Å². The number of likely N-dealkylation sites (N-methyl/N-ethyl adjacent to an activating group) is 1. The van der Waals surface area contributed by atoms with E-state index in [2.05, 4.69) is 20.4 Å². The molecule has 3 rings (SSSR count). The van der Waals surface area contributed by atoms with Crippen molar-refractivity contribution >= 4 is 11.9 Å². The largest absolute Gasteiger partial charge is 0.480 e. The van der Waals surface area contributed by atoms with Crippen molar-refractivity contribution in [2.75, 3.05) is 44.7 Å². The summed E-state index contributed by atoms with van der Waals surface area (Å²) >= 11 is 0. The maximum Gasteiger partial charge on any atom is 0.317 e. The quantitative estimate of drug-likeness (QED) is 0.782. The van der Waals surface area contributed by atoms with Crippen molar-refractivity contribution in [1.82, 2.24) is 25.1 Å². The Morgan fingerprint density at radius 1 is 1.42 bits per heavy atom. The third kappa shape index (κ3) is 3.87. The highest BCUT2D eigenvalue weighted by molar-refractivity contribution is 5.69. The highest BCUT2D eigenvalue weighted by Crippen LogP contribution is 2.18. The number of morpholine rings is 1. The van der Waals surface area contributed by atoms with E-state index in [1.54, 1.807) is 16.6 Å². The number of aliphatic carboxylic acids is 1.